The van der Waals surface area contributed by atoms with Crippen molar-refractivity contribution >= 4 is 17.8 Å². The van der Waals surface area contributed by atoms with E-state index in [1.807, 2.05) is 25.7 Å². The van der Waals surface area contributed by atoms with Gasteiger partial charge in [0, 0.05) is 51.6 Å². The number of hydrogen-bond acceptors (Lipinski definition) is 3. The molecule has 0 atom stereocenters. The number of likely N-dealkylation sites (tertiary alicyclic amines) is 1. The van der Waals surface area contributed by atoms with Crippen LogP contribution in [-0.2, 0) is 9.59 Å². The van der Waals surface area contributed by atoms with Crippen LogP contribution in [0.3, 0.4) is 0 Å². The van der Waals surface area contributed by atoms with Crippen LogP contribution in [0.2, 0.25) is 0 Å². The lowest BCUT2D eigenvalue weighted by Gasteiger charge is -2.20. The Hall–Kier alpha value is -1.79. The number of carbonyl (C=O) groups is 2. The molecule has 0 aromatic carbocycles. The van der Waals surface area contributed by atoms with Gasteiger partial charge in [-0.3, -0.25) is 14.6 Å². The van der Waals surface area contributed by atoms with Gasteiger partial charge < -0.3 is 20.9 Å². The Morgan fingerprint density at radius 3 is 2.76 bits per heavy atom. The van der Waals surface area contributed by atoms with Crippen LogP contribution >= 0.6 is 0 Å². The van der Waals surface area contributed by atoms with E-state index in [9.17, 15) is 9.59 Å². The van der Waals surface area contributed by atoms with Crippen molar-refractivity contribution in [1.82, 2.24) is 20.9 Å². The highest BCUT2D eigenvalue weighted by atomic mass is 16.2. The van der Waals surface area contributed by atoms with Gasteiger partial charge in [-0.25, -0.2) is 0 Å². The van der Waals surface area contributed by atoms with Crippen molar-refractivity contribution in [3.63, 3.8) is 0 Å². The van der Waals surface area contributed by atoms with Gasteiger partial charge in [0.1, 0.15) is 0 Å². The molecule has 1 aliphatic rings. The van der Waals surface area contributed by atoms with Gasteiger partial charge in [-0.2, -0.15) is 0 Å². The monoisotopic (exact) mass is 353 g/mol. The first-order valence-electron chi connectivity index (χ1n) is 9.62. The smallest absolute Gasteiger partial charge is 0.222 e. The first kappa shape index (κ1) is 21.3. The molecule has 1 aliphatic heterocycles. The number of nitrogens with zero attached hydrogens (tertiary/aromatic N) is 2. The van der Waals surface area contributed by atoms with Crippen molar-refractivity contribution in [3.05, 3.63) is 0 Å². The summed E-state index contributed by atoms with van der Waals surface area (Å²) in [6.45, 7) is 9.56. The summed E-state index contributed by atoms with van der Waals surface area (Å²) in [7, 11) is 0. The van der Waals surface area contributed by atoms with Crippen LogP contribution in [0.1, 0.15) is 59.3 Å². The predicted octanol–water partition coefficient (Wildman–Crippen LogP) is 1.25. The van der Waals surface area contributed by atoms with E-state index in [-0.39, 0.29) is 17.9 Å². The summed E-state index contributed by atoms with van der Waals surface area (Å²) in [4.78, 5) is 30.1. The number of rotatable bonds is 9. The molecule has 0 aliphatic carbocycles. The van der Waals surface area contributed by atoms with Crippen LogP contribution in [-0.4, -0.2) is 61.4 Å². The van der Waals surface area contributed by atoms with E-state index >= 15 is 0 Å². The molecule has 0 unspecified atom stereocenters. The molecule has 1 heterocycles. The van der Waals surface area contributed by atoms with Gasteiger partial charge >= 0.3 is 0 Å². The third-order valence-electron chi connectivity index (χ3n) is 3.97. The van der Waals surface area contributed by atoms with Gasteiger partial charge in [-0.05, 0) is 40.0 Å². The van der Waals surface area contributed by atoms with Crippen molar-refractivity contribution in [2.45, 2.75) is 65.3 Å². The summed E-state index contributed by atoms with van der Waals surface area (Å²) in [6.07, 6.45) is 5.25. The van der Waals surface area contributed by atoms with Crippen molar-refractivity contribution in [1.29, 1.82) is 0 Å². The Morgan fingerprint density at radius 2 is 2.04 bits per heavy atom. The van der Waals surface area contributed by atoms with Crippen LogP contribution < -0.4 is 16.0 Å². The lowest BCUT2D eigenvalue weighted by atomic mass is 10.2. The normalized spacial score (nSPS) is 15.9. The van der Waals surface area contributed by atoms with E-state index < -0.39 is 0 Å². The number of nitrogens with one attached hydrogen (secondary N) is 3. The number of hydrogen-bond donors (Lipinski definition) is 3. The fourth-order valence-corrected chi connectivity index (χ4v) is 2.76. The average molecular weight is 354 g/mol. The van der Waals surface area contributed by atoms with Gasteiger partial charge in [0.25, 0.3) is 0 Å². The summed E-state index contributed by atoms with van der Waals surface area (Å²) in [5.74, 6) is 1.04. The van der Waals surface area contributed by atoms with Crippen LogP contribution in [0.25, 0.3) is 0 Å². The number of carbonyl (C=O) groups excluding carboxylic acids is 2. The molecular formula is C18H35N5O2. The highest BCUT2D eigenvalue weighted by Crippen LogP contribution is 2.11. The zero-order valence-electron chi connectivity index (χ0n) is 16.1. The molecule has 0 spiro atoms. The molecule has 0 aromatic heterocycles. The molecule has 0 saturated carbocycles. The molecule has 1 saturated heterocycles. The second-order valence-corrected chi connectivity index (χ2v) is 6.70. The van der Waals surface area contributed by atoms with E-state index in [4.69, 9.17) is 0 Å². The molecule has 7 heteroatoms. The first-order chi connectivity index (χ1) is 12.0. The van der Waals surface area contributed by atoms with E-state index in [0.717, 1.165) is 51.3 Å². The summed E-state index contributed by atoms with van der Waals surface area (Å²) in [6, 6.07) is 0.163. The van der Waals surface area contributed by atoms with Crippen LogP contribution in [0.4, 0.5) is 0 Å². The van der Waals surface area contributed by atoms with E-state index in [1.54, 1.807) is 0 Å². The first-order valence-corrected chi connectivity index (χ1v) is 9.62. The zero-order valence-corrected chi connectivity index (χ0v) is 16.1. The third kappa shape index (κ3) is 9.94. The molecule has 2 amide bonds. The molecule has 0 radical (unpaired) electrons. The molecule has 25 heavy (non-hydrogen) atoms. The topological polar surface area (TPSA) is 85.8 Å². The minimum Gasteiger partial charge on any atom is -0.357 e. The molecule has 7 nitrogen and oxygen atoms in total. The fraction of sp³-hybridized carbons (Fsp3) is 0.833. The quantitative estimate of drug-likeness (QED) is 0.331. The van der Waals surface area contributed by atoms with E-state index in [1.165, 1.54) is 0 Å². The van der Waals surface area contributed by atoms with E-state index in [0.29, 0.717) is 25.9 Å². The molecular weight excluding hydrogens is 318 g/mol. The summed E-state index contributed by atoms with van der Waals surface area (Å²) in [5, 5.41) is 9.23. The third-order valence-corrected chi connectivity index (χ3v) is 3.97. The van der Waals surface area contributed by atoms with E-state index in [2.05, 4.69) is 20.9 Å². The Bertz CT molecular complexity index is 437. The van der Waals surface area contributed by atoms with Crippen molar-refractivity contribution in [2.75, 3.05) is 32.7 Å². The fourth-order valence-electron chi connectivity index (χ4n) is 2.76. The largest absolute Gasteiger partial charge is 0.357 e. The Kier molecular flexibility index (Phi) is 10.7. The second-order valence-electron chi connectivity index (χ2n) is 6.70. The lowest BCUT2D eigenvalue weighted by Crippen LogP contribution is -2.40. The maximum atomic E-state index is 12.0. The summed E-state index contributed by atoms with van der Waals surface area (Å²) < 4.78 is 0. The Morgan fingerprint density at radius 1 is 1.24 bits per heavy atom. The average Bonchev–Trinajstić information content (AvgIpc) is 2.75. The molecule has 0 bridgehead atoms. The highest BCUT2D eigenvalue weighted by Gasteiger charge is 2.15. The van der Waals surface area contributed by atoms with Crippen molar-refractivity contribution in [2.24, 2.45) is 4.99 Å². The zero-order chi connectivity index (χ0) is 18.5. The van der Waals surface area contributed by atoms with Crippen molar-refractivity contribution < 1.29 is 9.59 Å². The lowest BCUT2D eigenvalue weighted by molar-refractivity contribution is -0.130. The summed E-state index contributed by atoms with van der Waals surface area (Å²) in [5.41, 5.74) is 0. The molecule has 3 N–H and O–H groups in total. The molecule has 1 fully saturated rings. The number of aliphatic imine (C=N–C) groups is 1. The highest BCUT2D eigenvalue weighted by molar-refractivity contribution is 5.81. The van der Waals surface area contributed by atoms with Crippen LogP contribution in [0, 0.1) is 0 Å². The summed E-state index contributed by atoms with van der Waals surface area (Å²) >= 11 is 0. The van der Waals surface area contributed by atoms with Gasteiger partial charge in [0.05, 0.1) is 0 Å². The molecule has 0 aromatic rings. The van der Waals surface area contributed by atoms with Gasteiger partial charge in [0.2, 0.25) is 11.8 Å². The minimum atomic E-state index is 0.0398. The number of amides is 2. The predicted molar refractivity (Wildman–Crippen MR) is 102 cm³/mol. The number of guanidine groups is 1. The Labute approximate surface area is 152 Å². The van der Waals surface area contributed by atoms with Gasteiger partial charge in [-0.1, -0.05) is 6.42 Å². The van der Waals surface area contributed by atoms with Crippen molar-refractivity contribution in [3.8, 4) is 0 Å². The van der Waals surface area contributed by atoms with Gasteiger partial charge in [0.15, 0.2) is 5.96 Å². The van der Waals surface area contributed by atoms with Crippen LogP contribution in [0.15, 0.2) is 4.99 Å². The molecule has 1 rings (SSSR count). The SMILES string of the molecule is CCNC(=NCCCN1CCCCCC1=O)NCCC(=O)NC(C)C. The molecule has 144 valence electrons. The standard InChI is InChI=1S/C18H35N5O2/c1-4-19-18(21-12-10-16(24)22-15(2)3)20-11-8-14-23-13-7-5-6-9-17(23)25/h15H,4-14H2,1-3H3,(H,22,24)(H2,19,20,21). The van der Waals surface area contributed by atoms with Gasteiger partial charge in [-0.15, -0.1) is 0 Å². The second kappa shape index (κ2) is 12.6. The minimum absolute atomic E-state index is 0.0398. The van der Waals surface area contributed by atoms with Crippen LogP contribution in [0.5, 0.6) is 0 Å². The Balaban J connectivity index is 2.29. The maximum Gasteiger partial charge on any atom is 0.222 e. The maximum absolute atomic E-state index is 12.0.